The van der Waals surface area contributed by atoms with Crippen molar-refractivity contribution in [3.63, 3.8) is 0 Å². The average molecular weight is 252 g/mol. The second-order valence-corrected chi connectivity index (χ2v) is 4.99. The van der Waals surface area contributed by atoms with Crippen LogP contribution in [0.25, 0.3) is 0 Å². The summed E-state index contributed by atoms with van der Waals surface area (Å²) in [5.41, 5.74) is 0. The van der Waals surface area contributed by atoms with Crippen LogP contribution in [0.3, 0.4) is 0 Å². The van der Waals surface area contributed by atoms with Gasteiger partial charge >= 0.3 is 6.18 Å². The van der Waals surface area contributed by atoms with Crippen LogP contribution in [-0.2, 0) is 0 Å². The highest BCUT2D eigenvalue weighted by Crippen LogP contribution is 2.22. The van der Waals surface area contributed by atoms with Crippen LogP contribution in [0.2, 0.25) is 0 Å². The summed E-state index contributed by atoms with van der Waals surface area (Å²) in [6.45, 7) is 6.94. The lowest BCUT2D eigenvalue weighted by atomic mass is 9.93. The number of likely N-dealkylation sites (tertiary alicyclic amines) is 1. The van der Waals surface area contributed by atoms with Crippen molar-refractivity contribution in [2.24, 2.45) is 5.92 Å². The van der Waals surface area contributed by atoms with Gasteiger partial charge in [-0.15, -0.1) is 0 Å². The minimum atomic E-state index is -4.03. The number of nitrogens with zero attached hydrogens (tertiary/aromatic N) is 1. The first-order chi connectivity index (χ1) is 7.92. The predicted molar refractivity (Wildman–Crippen MR) is 63.0 cm³/mol. The first-order valence-electron chi connectivity index (χ1n) is 6.45. The highest BCUT2D eigenvalue weighted by atomic mass is 19.4. The molecule has 0 aromatic heterocycles. The molecule has 1 aliphatic rings. The molecule has 2 atom stereocenters. The van der Waals surface area contributed by atoms with Crippen LogP contribution in [-0.4, -0.2) is 43.3 Å². The van der Waals surface area contributed by atoms with Gasteiger partial charge in [-0.2, -0.15) is 13.2 Å². The second kappa shape index (κ2) is 6.59. The Balaban J connectivity index is 2.26. The van der Waals surface area contributed by atoms with Gasteiger partial charge in [-0.25, -0.2) is 0 Å². The fourth-order valence-electron chi connectivity index (χ4n) is 2.35. The Hall–Kier alpha value is -0.290. The number of hydrogen-bond acceptors (Lipinski definition) is 2. The fraction of sp³-hybridized carbons (Fsp3) is 1.00. The SMILES string of the molecule is CCCNC1CCN(CCC(F)(F)F)CC1C. The zero-order chi connectivity index (χ0) is 12.9. The molecule has 0 saturated carbocycles. The molecule has 1 heterocycles. The summed E-state index contributed by atoms with van der Waals surface area (Å²) in [6, 6.07) is 0.470. The van der Waals surface area contributed by atoms with Gasteiger partial charge in [0.15, 0.2) is 0 Å². The smallest absolute Gasteiger partial charge is 0.314 e. The summed E-state index contributed by atoms with van der Waals surface area (Å²) in [4.78, 5) is 1.93. The Labute approximate surface area is 102 Å². The molecule has 0 aromatic rings. The van der Waals surface area contributed by atoms with Crippen LogP contribution in [0.1, 0.15) is 33.1 Å². The molecule has 0 radical (unpaired) electrons. The summed E-state index contributed by atoms with van der Waals surface area (Å²) >= 11 is 0. The van der Waals surface area contributed by atoms with Crippen molar-refractivity contribution in [3.05, 3.63) is 0 Å². The van der Waals surface area contributed by atoms with E-state index < -0.39 is 12.6 Å². The topological polar surface area (TPSA) is 15.3 Å². The number of halogens is 3. The minimum absolute atomic E-state index is 0.147. The molecule has 1 rings (SSSR count). The highest BCUT2D eigenvalue weighted by Gasteiger charge is 2.30. The molecule has 1 N–H and O–H groups in total. The molecule has 1 saturated heterocycles. The Morgan fingerprint density at radius 3 is 2.59 bits per heavy atom. The first-order valence-corrected chi connectivity index (χ1v) is 6.45. The lowest BCUT2D eigenvalue weighted by molar-refractivity contribution is -0.138. The van der Waals surface area contributed by atoms with E-state index in [9.17, 15) is 13.2 Å². The standard InChI is InChI=1S/C12H23F3N2/c1-3-6-16-11-4-7-17(9-10(11)2)8-5-12(13,14)15/h10-11,16H,3-9H2,1-2H3. The van der Waals surface area contributed by atoms with Gasteiger partial charge in [-0.1, -0.05) is 13.8 Å². The minimum Gasteiger partial charge on any atom is -0.314 e. The quantitative estimate of drug-likeness (QED) is 0.809. The summed E-state index contributed by atoms with van der Waals surface area (Å²) in [7, 11) is 0. The van der Waals surface area contributed by atoms with E-state index >= 15 is 0 Å². The van der Waals surface area contributed by atoms with E-state index in [1.807, 2.05) is 4.90 Å². The molecule has 2 unspecified atom stereocenters. The van der Waals surface area contributed by atoms with E-state index in [0.717, 1.165) is 32.5 Å². The number of hydrogen-bond donors (Lipinski definition) is 1. The predicted octanol–water partition coefficient (Wildman–Crippen LogP) is 2.65. The van der Waals surface area contributed by atoms with E-state index in [0.29, 0.717) is 12.0 Å². The van der Waals surface area contributed by atoms with Crippen molar-refractivity contribution in [1.82, 2.24) is 10.2 Å². The lowest BCUT2D eigenvalue weighted by Crippen LogP contribution is -2.49. The molecular formula is C12H23F3N2. The van der Waals surface area contributed by atoms with Crippen molar-refractivity contribution in [1.29, 1.82) is 0 Å². The van der Waals surface area contributed by atoms with Crippen molar-refractivity contribution in [3.8, 4) is 0 Å². The number of piperidine rings is 1. The Morgan fingerprint density at radius 1 is 1.35 bits per heavy atom. The first kappa shape index (κ1) is 14.8. The third-order valence-corrected chi connectivity index (χ3v) is 3.36. The average Bonchev–Trinajstić information content (AvgIpc) is 2.24. The lowest BCUT2D eigenvalue weighted by Gasteiger charge is -2.37. The molecular weight excluding hydrogens is 229 g/mol. The van der Waals surface area contributed by atoms with E-state index in [1.54, 1.807) is 0 Å². The fourth-order valence-corrected chi connectivity index (χ4v) is 2.35. The summed E-state index contributed by atoms with van der Waals surface area (Å²) in [6.07, 6.45) is -2.66. The van der Waals surface area contributed by atoms with E-state index in [1.165, 1.54) is 0 Å². The molecule has 0 aromatic carbocycles. The van der Waals surface area contributed by atoms with Gasteiger partial charge in [0.25, 0.3) is 0 Å². The number of nitrogens with one attached hydrogen (secondary N) is 1. The van der Waals surface area contributed by atoms with Crippen LogP contribution in [0.4, 0.5) is 13.2 Å². The largest absolute Gasteiger partial charge is 0.390 e. The Kier molecular flexibility index (Phi) is 5.73. The third-order valence-electron chi connectivity index (χ3n) is 3.36. The Morgan fingerprint density at radius 2 is 2.06 bits per heavy atom. The molecule has 1 fully saturated rings. The van der Waals surface area contributed by atoms with Gasteiger partial charge < -0.3 is 10.2 Å². The normalized spacial score (nSPS) is 27.4. The van der Waals surface area contributed by atoms with Gasteiger partial charge in [-0.05, 0) is 31.8 Å². The zero-order valence-electron chi connectivity index (χ0n) is 10.7. The van der Waals surface area contributed by atoms with Gasteiger partial charge in [0, 0.05) is 19.1 Å². The molecule has 0 bridgehead atoms. The van der Waals surface area contributed by atoms with E-state index in [2.05, 4.69) is 19.2 Å². The van der Waals surface area contributed by atoms with Crippen LogP contribution >= 0.6 is 0 Å². The summed E-state index contributed by atoms with van der Waals surface area (Å²) in [5.74, 6) is 0.434. The van der Waals surface area contributed by atoms with Crippen LogP contribution in [0, 0.1) is 5.92 Å². The maximum absolute atomic E-state index is 12.1. The van der Waals surface area contributed by atoms with Gasteiger partial charge in [0.05, 0.1) is 6.42 Å². The molecule has 0 amide bonds. The third kappa shape index (κ3) is 5.73. The highest BCUT2D eigenvalue weighted by molar-refractivity contribution is 4.82. The number of alkyl halides is 3. The van der Waals surface area contributed by atoms with Crippen molar-refractivity contribution >= 4 is 0 Å². The molecule has 102 valence electrons. The van der Waals surface area contributed by atoms with Crippen LogP contribution < -0.4 is 5.32 Å². The molecule has 17 heavy (non-hydrogen) atoms. The molecule has 0 aliphatic carbocycles. The molecule has 0 spiro atoms. The molecule has 2 nitrogen and oxygen atoms in total. The van der Waals surface area contributed by atoms with Crippen LogP contribution in [0.5, 0.6) is 0 Å². The van der Waals surface area contributed by atoms with Crippen molar-refractivity contribution in [2.45, 2.75) is 45.3 Å². The maximum atomic E-state index is 12.1. The van der Waals surface area contributed by atoms with Gasteiger partial charge in [0.1, 0.15) is 0 Å². The van der Waals surface area contributed by atoms with E-state index in [-0.39, 0.29) is 6.54 Å². The Bertz CT molecular complexity index is 218. The van der Waals surface area contributed by atoms with E-state index in [4.69, 9.17) is 0 Å². The maximum Gasteiger partial charge on any atom is 0.390 e. The second-order valence-electron chi connectivity index (χ2n) is 4.99. The molecule has 5 heteroatoms. The van der Waals surface area contributed by atoms with Crippen molar-refractivity contribution in [2.75, 3.05) is 26.2 Å². The number of rotatable bonds is 5. The monoisotopic (exact) mass is 252 g/mol. The van der Waals surface area contributed by atoms with Crippen LogP contribution in [0.15, 0.2) is 0 Å². The summed E-state index contributed by atoms with van der Waals surface area (Å²) in [5, 5.41) is 3.47. The van der Waals surface area contributed by atoms with Crippen molar-refractivity contribution < 1.29 is 13.2 Å². The molecule has 1 aliphatic heterocycles. The van der Waals surface area contributed by atoms with Gasteiger partial charge in [0.2, 0.25) is 0 Å². The zero-order valence-corrected chi connectivity index (χ0v) is 10.7. The van der Waals surface area contributed by atoms with Gasteiger partial charge in [-0.3, -0.25) is 0 Å². The summed E-state index contributed by atoms with van der Waals surface area (Å²) < 4.78 is 36.3.